The first-order valence-corrected chi connectivity index (χ1v) is 9.15. The molecule has 2 rings (SSSR count). The quantitative estimate of drug-likeness (QED) is 0.827. The Labute approximate surface area is 130 Å². The molecule has 1 aliphatic heterocycles. The molecule has 1 fully saturated rings. The third kappa shape index (κ3) is 4.04. The second kappa shape index (κ2) is 7.02. The van der Waals surface area contributed by atoms with Crippen molar-refractivity contribution in [3.63, 3.8) is 0 Å². The van der Waals surface area contributed by atoms with Crippen molar-refractivity contribution < 1.29 is 8.42 Å². The van der Waals surface area contributed by atoms with E-state index in [0.717, 1.165) is 35.7 Å². The Morgan fingerprint density at radius 3 is 2.45 bits per heavy atom. The second-order valence-corrected chi connectivity index (χ2v) is 8.16. The maximum Gasteiger partial charge on any atom is 0.282 e. The molecular formula is C14H21BrN2O2S. The van der Waals surface area contributed by atoms with Crippen LogP contribution in [0, 0.1) is 0 Å². The largest absolute Gasteiger partial charge is 0.282 e. The minimum Gasteiger partial charge on any atom is -0.195 e. The molecule has 6 heteroatoms. The van der Waals surface area contributed by atoms with E-state index in [1.807, 2.05) is 24.3 Å². The summed E-state index contributed by atoms with van der Waals surface area (Å²) in [4.78, 5) is 0. The van der Waals surface area contributed by atoms with Gasteiger partial charge in [-0.3, -0.25) is 0 Å². The molecule has 0 aliphatic carbocycles. The second-order valence-electron chi connectivity index (χ2n) is 5.21. The molecule has 0 saturated carbocycles. The molecule has 0 amide bonds. The van der Waals surface area contributed by atoms with E-state index < -0.39 is 10.2 Å². The molecular weight excluding hydrogens is 340 g/mol. The molecule has 0 radical (unpaired) electrons. The lowest BCUT2D eigenvalue weighted by Gasteiger charge is -2.26. The van der Waals surface area contributed by atoms with Crippen LogP contribution in [-0.4, -0.2) is 37.2 Å². The summed E-state index contributed by atoms with van der Waals surface area (Å²) in [7, 11) is -1.69. The Hall–Kier alpha value is -0.430. The summed E-state index contributed by atoms with van der Waals surface area (Å²) in [6.45, 7) is 1.69. The number of halogens is 1. The lowest BCUT2D eigenvalue weighted by molar-refractivity contribution is 0.363. The lowest BCUT2D eigenvalue weighted by atomic mass is 10.2. The van der Waals surface area contributed by atoms with Crippen molar-refractivity contribution in [3.05, 3.63) is 34.3 Å². The third-order valence-corrected chi connectivity index (χ3v) is 6.01. The van der Waals surface area contributed by atoms with Gasteiger partial charge in [0, 0.05) is 31.2 Å². The number of hydrogen-bond acceptors (Lipinski definition) is 2. The van der Waals surface area contributed by atoms with Crippen LogP contribution in [0.15, 0.2) is 28.7 Å². The van der Waals surface area contributed by atoms with Gasteiger partial charge in [-0.1, -0.05) is 40.9 Å². The zero-order chi connectivity index (χ0) is 14.6. The fourth-order valence-corrected chi connectivity index (χ4v) is 4.32. The standard InChI is InChI=1S/C14H21BrN2O2S/c1-16(12-13-7-6-8-14(15)11-13)20(18,19)17-9-4-2-3-5-10-17/h6-8,11H,2-5,9-10,12H2,1H3. The van der Waals surface area contributed by atoms with Gasteiger partial charge in [-0.25, -0.2) is 0 Å². The Morgan fingerprint density at radius 2 is 1.85 bits per heavy atom. The third-order valence-electron chi connectivity index (χ3n) is 3.58. The first kappa shape index (κ1) is 15.9. The van der Waals surface area contributed by atoms with Gasteiger partial charge in [0.1, 0.15) is 0 Å². The van der Waals surface area contributed by atoms with E-state index in [1.165, 1.54) is 4.31 Å². The van der Waals surface area contributed by atoms with Crippen LogP contribution in [0.25, 0.3) is 0 Å². The van der Waals surface area contributed by atoms with Gasteiger partial charge in [-0.05, 0) is 30.5 Å². The maximum absolute atomic E-state index is 12.6. The average molecular weight is 361 g/mol. The van der Waals surface area contributed by atoms with Crippen LogP contribution < -0.4 is 0 Å². The van der Waals surface area contributed by atoms with Crippen LogP contribution in [0.3, 0.4) is 0 Å². The summed E-state index contributed by atoms with van der Waals surface area (Å²) in [6, 6.07) is 7.76. The van der Waals surface area contributed by atoms with Crippen LogP contribution in [0.5, 0.6) is 0 Å². The van der Waals surface area contributed by atoms with Crippen molar-refractivity contribution in [2.24, 2.45) is 0 Å². The van der Waals surface area contributed by atoms with Crippen molar-refractivity contribution in [3.8, 4) is 0 Å². The summed E-state index contributed by atoms with van der Waals surface area (Å²) >= 11 is 3.41. The molecule has 20 heavy (non-hydrogen) atoms. The summed E-state index contributed by atoms with van der Waals surface area (Å²) in [5.74, 6) is 0. The molecule has 0 bridgehead atoms. The molecule has 0 spiro atoms. The van der Waals surface area contributed by atoms with Gasteiger partial charge in [0.05, 0.1) is 0 Å². The van der Waals surface area contributed by atoms with Crippen LogP contribution >= 0.6 is 15.9 Å². The van der Waals surface area contributed by atoms with Gasteiger partial charge < -0.3 is 0 Å². The van der Waals surface area contributed by atoms with E-state index in [4.69, 9.17) is 0 Å². The number of rotatable bonds is 4. The highest BCUT2D eigenvalue weighted by Crippen LogP contribution is 2.18. The van der Waals surface area contributed by atoms with E-state index in [0.29, 0.717) is 19.6 Å². The summed E-state index contributed by atoms with van der Waals surface area (Å²) in [5.41, 5.74) is 0.986. The highest BCUT2D eigenvalue weighted by Gasteiger charge is 2.27. The molecule has 112 valence electrons. The van der Waals surface area contributed by atoms with Crippen LogP contribution in [-0.2, 0) is 16.8 Å². The first-order chi connectivity index (χ1) is 9.50. The zero-order valence-electron chi connectivity index (χ0n) is 11.8. The van der Waals surface area contributed by atoms with Gasteiger partial charge >= 0.3 is 0 Å². The van der Waals surface area contributed by atoms with E-state index in [2.05, 4.69) is 15.9 Å². The molecule has 0 atom stereocenters. The van der Waals surface area contributed by atoms with Crippen molar-refractivity contribution >= 4 is 26.1 Å². The predicted octanol–water partition coefficient (Wildman–Crippen LogP) is 3.00. The van der Waals surface area contributed by atoms with Crippen molar-refractivity contribution in [2.75, 3.05) is 20.1 Å². The molecule has 1 aromatic rings. The van der Waals surface area contributed by atoms with E-state index >= 15 is 0 Å². The molecule has 0 N–H and O–H groups in total. The molecule has 4 nitrogen and oxygen atoms in total. The lowest BCUT2D eigenvalue weighted by Crippen LogP contribution is -2.42. The van der Waals surface area contributed by atoms with E-state index in [-0.39, 0.29) is 0 Å². The summed E-state index contributed by atoms with van der Waals surface area (Å²) in [5, 5.41) is 0. The Balaban J connectivity index is 2.08. The fourth-order valence-electron chi connectivity index (χ4n) is 2.44. The Kier molecular flexibility index (Phi) is 5.60. The average Bonchev–Trinajstić information content (AvgIpc) is 2.67. The topological polar surface area (TPSA) is 40.6 Å². The van der Waals surface area contributed by atoms with Gasteiger partial charge in [0.2, 0.25) is 0 Å². The summed E-state index contributed by atoms with van der Waals surface area (Å²) in [6.07, 6.45) is 4.18. The van der Waals surface area contributed by atoms with Crippen molar-refractivity contribution in [1.82, 2.24) is 8.61 Å². The summed E-state index contributed by atoms with van der Waals surface area (Å²) < 4.78 is 29.2. The smallest absolute Gasteiger partial charge is 0.195 e. The number of nitrogens with zero attached hydrogens (tertiary/aromatic N) is 2. The van der Waals surface area contributed by atoms with Gasteiger partial charge in [0.15, 0.2) is 0 Å². The van der Waals surface area contributed by atoms with Crippen molar-refractivity contribution in [1.29, 1.82) is 0 Å². The SMILES string of the molecule is CN(Cc1cccc(Br)c1)S(=O)(=O)N1CCCCCC1. The maximum atomic E-state index is 12.6. The molecule has 0 unspecified atom stereocenters. The minimum atomic E-state index is -3.35. The predicted molar refractivity (Wildman–Crippen MR) is 84.6 cm³/mol. The van der Waals surface area contributed by atoms with Crippen LogP contribution in [0.2, 0.25) is 0 Å². The Morgan fingerprint density at radius 1 is 1.20 bits per heavy atom. The minimum absolute atomic E-state index is 0.401. The van der Waals surface area contributed by atoms with Gasteiger partial charge in [-0.2, -0.15) is 17.0 Å². The molecule has 1 saturated heterocycles. The fraction of sp³-hybridized carbons (Fsp3) is 0.571. The highest BCUT2D eigenvalue weighted by atomic mass is 79.9. The first-order valence-electron chi connectivity index (χ1n) is 6.96. The number of benzene rings is 1. The molecule has 0 aromatic heterocycles. The normalized spacial score (nSPS) is 18.1. The van der Waals surface area contributed by atoms with Crippen LogP contribution in [0.4, 0.5) is 0 Å². The highest BCUT2D eigenvalue weighted by molar-refractivity contribution is 9.10. The number of hydrogen-bond donors (Lipinski definition) is 0. The monoisotopic (exact) mass is 360 g/mol. The van der Waals surface area contributed by atoms with Crippen molar-refractivity contribution in [2.45, 2.75) is 32.2 Å². The van der Waals surface area contributed by atoms with Gasteiger partial charge in [-0.15, -0.1) is 0 Å². The Bertz CT molecular complexity index is 540. The molecule has 1 heterocycles. The molecule has 1 aromatic carbocycles. The zero-order valence-corrected chi connectivity index (χ0v) is 14.2. The molecule has 1 aliphatic rings. The van der Waals surface area contributed by atoms with E-state index in [9.17, 15) is 8.42 Å². The van der Waals surface area contributed by atoms with Gasteiger partial charge in [0.25, 0.3) is 10.2 Å². The van der Waals surface area contributed by atoms with E-state index in [1.54, 1.807) is 11.4 Å². The van der Waals surface area contributed by atoms with Crippen LogP contribution in [0.1, 0.15) is 31.2 Å².